The minimum absolute atomic E-state index is 0.541. The van der Waals surface area contributed by atoms with Gasteiger partial charge in [0.15, 0.2) is 0 Å². The van der Waals surface area contributed by atoms with Crippen LogP contribution in [0.5, 0.6) is 0 Å². The highest BCUT2D eigenvalue weighted by atomic mass is 16.5. The summed E-state index contributed by atoms with van der Waals surface area (Å²) in [4.78, 5) is 0. The smallest absolute Gasteiger partial charge is 0.0494 e. The summed E-state index contributed by atoms with van der Waals surface area (Å²) < 4.78 is 5.65. The van der Waals surface area contributed by atoms with Crippen molar-refractivity contribution < 1.29 is 4.74 Å². The Kier molecular flexibility index (Phi) is 4.48. The van der Waals surface area contributed by atoms with Gasteiger partial charge in [0.05, 0.1) is 0 Å². The molecule has 100 valence electrons. The molecule has 2 heteroatoms. The zero-order valence-corrected chi connectivity index (χ0v) is 11.8. The SMILES string of the molecule is CC1CC(C)(C)CC1NCCCOCC1CC1. The average molecular weight is 239 g/mol. The second-order valence-corrected chi connectivity index (χ2v) is 6.98. The molecule has 2 aliphatic carbocycles. The first kappa shape index (κ1) is 13.4. The van der Waals surface area contributed by atoms with Crippen molar-refractivity contribution in [2.24, 2.45) is 17.3 Å². The Morgan fingerprint density at radius 2 is 2.00 bits per heavy atom. The lowest BCUT2D eigenvalue weighted by Gasteiger charge is -2.18. The van der Waals surface area contributed by atoms with E-state index in [1.807, 2.05) is 0 Å². The molecule has 0 aromatic heterocycles. The predicted molar refractivity (Wildman–Crippen MR) is 72.1 cm³/mol. The molecular formula is C15H29NO. The van der Waals surface area contributed by atoms with Gasteiger partial charge in [0.2, 0.25) is 0 Å². The van der Waals surface area contributed by atoms with Gasteiger partial charge in [0, 0.05) is 19.3 Å². The van der Waals surface area contributed by atoms with E-state index in [0.29, 0.717) is 5.41 Å². The van der Waals surface area contributed by atoms with E-state index >= 15 is 0 Å². The molecule has 0 bridgehead atoms. The van der Waals surface area contributed by atoms with Gasteiger partial charge in [-0.15, -0.1) is 0 Å². The number of hydrogen-bond donors (Lipinski definition) is 1. The van der Waals surface area contributed by atoms with Crippen molar-refractivity contribution in [3.8, 4) is 0 Å². The number of hydrogen-bond acceptors (Lipinski definition) is 2. The van der Waals surface area contributed by atoms with Gasteiger partial charge in [-0.2, -0.15) is 0 Å². The molecule has 0 saturated heterocycles. The molecule has 2 rings (SSSR count). The Balaban J connectivity index is 1.49. The lowest BCUT2D eigenvalue weighted by molar-refractivity contribution is 0.121. The van der Waals surface area contributed by atoms with Crippen molar-refractivity contribution in [2.75, 3.05) is 19.8 Å². The summed E-state index contributed by atoms with van der Waals surface area (Å²) >= 11 is 0. The first-order valence-electron chi connectivity index (χ1n) is 7.38. The Morgan fingerprint density at radius 1 is 1.24 bits per heavy atom. The fourth-order valence-corrected chi connectivity index (χ4v) is 3.16. The van der Waals surface area contributed by atoms with Gasteiger partial charge in [-0.25, -0.2) is 0 Å². The first-order valence-corrected chi connectivity index (χ1v) is 7.38. The molecule has 0 aliphatic heterocycles. The van der Waals surface area contributed by atoms with Crippen LogP contribution in [0, 0.1) is 17.3 Å². The maximum atomic E-state index is 5.65. The molecular weight excluding hydrogens is 210 g/mol. The van der Waals surface area contributed by atoms with Crippen molar-refractivity contribution in [3.05, 3.63) is 0 Å². The van der Waals surface area contributed by atoms with Gasteiger partial charge in [-0.3, -0.25) is 0 Å². The molecule has 2 nitrogen and oxygen atoms in total. The summed E-state index contributed by atoms with van der Waals surface area (Å²) in [6, 6.07) is 0.730. The van der Waals surface area contributed by atoms with Gasteiger partial charge in [-0.1, -0.05) is 20.8 Å². The van der Waals surface area contributed by atoms with E-state index in [1.165, 1.54) is 25.7 Å². The minimum Gasteiger partial charge on any atom is -0.381 e. The molecule has 0 spiro atoms. The van der Waals surface area contributed by atoms with Crippen LogP contribution in [-0.4, -0.2) is 25.8 Å². The van der Waals surface area contributed by atoms with E-state index in [1.54, 1.807) is 0 Å². The predicted octanol–water partition coefficient (Wildman–Crippen LogP) is 3.22. The van der Waals surface area contributed by atoms with Crippen LogP contribution >= 0.6 is 0 Å². The van der Waals surface area contributed by atoms with Crippen LogP contribution in [0.1, 0.15) is 52.9 Å². The van der Waals surface area contributed by atoms with Crippen molar-refractivity contribution in [1.82, 2.24) is 5.32 Å². The van der Waals surface area contributed by atoms with Gasteiger partial charge in [0.1, 0.15) is 0 Å². The van der Waals surface area contributed by atoms with Crippen LogP contribution in [-0.2, 0) is 4.74 Å². The van der Waals surface area contributed by atoms with Gasteiger partial charge >= 0.3 is 0 Å². The largest absolute Gasteiger partial charge is 0.381 e. The molecule has 0 aromatic rings. The van der Waals surface area contributed by atoms with Crippen LogP contribution < -0.4 is 5.32 Å². The normalized spacial score (nSPS) is 31.9. The molecule has 2 saturated carbocycles. The maximum Gasteiger partial charge on any atom is 0.0494 e. The Hall–Kier alpha value is -0.0800. The molecule has 0 radical (unpaired) electrons. The van der Waals surface area contributed by atoms with Crippen LogP contribution in [0.4, 0.5) is 0 Å². The second kappa shape index (κ2) is 5.71. The summed E-state index contributed by atoms with van der Waals surface area (Å²) in [5, 5.41) is 3.71. The Morgan fingerprint density at radius 3 is 2.59 bits per heavy atom. The molecule has 2 unspecified atom stereocenters. The topological polar surface area (TPSA) is 21.3 Å². The van der Waals surface area contributed by atoms with Crippen LogP contribution in [0.25, 0.3) is 0 Å². The fraction of sp³-hybridized carbons (Fsp3) is 1.00. The van der Waals surface area contributed by atoms with Crippen molar-refractivity contribution in [2.45, 2.75) is 58.9 Å². The molecule has 2 aliphatic rings. The lowest BCUT2D eigenvalue weighted by Crippen LogP contribution is -2.32. The highest BCUT2D eigenvalue weighted by Gasteiger charge is 2.35. The zero-order chi connectivity index (χ0) is 12.3. The lowest BCUT2D eigenvalue weighted by atomic mass is 9.91. The van der Waals surface area contributed by atoms with Crippen molar-refractivity contribution >= 4 is 0 Å². The summed E-state index contributed by atoms with van der Waals surface area (Å²) in [5.74, 6) is 1.73. The highest BCUT2D eigenvalue weighted by Crippen LogP contribution is 2.40. The minimum atomic E-state index is 0.541. The summed E-state index contributed by atoms with van der Waals surface area (Å²) in [5.41, 5.74) is 0.541. The standard InChI is InChI=1S/C15H29NO/c1-12-9-15(2,3)10-14(12)16-7-4-8-17-11-13-5-6-13/h12-14,16H,4-11H2,1-3H3. The van der Waals surface area contributed by atoms with Crippen molar-refractivity contribution in [1.29, 1.82) is 0 Å². The monoisotopic (exact) mass is 239 g/mol. The molecule has 17 heavy (non-hydrogen) atoms. The zero-order valence-electron chi connectivity index (χ0n) is 11.8. The number of rotatable bonds is 7. The average Bonchev–Trinajstić information content (AvgIpc) is 3.00. The van der Waals surface area contributed by atoms with E-state index < -0.39 is 0 Å². The van der Waals surface area contributed by atoms with E-state index in [0.717, 1.165) is 44.1 Å². The van der Waals surface area contributed by atoms with Crippen LogP contribution in [0.15, 0.2) is 0 Å². The van der Waals surface area contributed by atoms with E-state index in [9.17, 15) is 0 Å². The quantitative estimate of drug-likeness (QED) is 0.689. The third kappa shape index (κ3) is 4.59. The van der Waals surface area contributed by atoms with Gasteiger partial charge < -0.3 is 10.1 Å². The molecule has 1 N–H and O–H groups in total. The van der Waals surface area contributed by atoms with E-state index in [4.69, 9.17) is 4.74 Å². The van der Waals surface area contributed by atoms with Gasteiger partial charge in [-0.05, 0) is 55.9 Å². The summed E-state index contributed by atoms with van der Waals surface area (Å²) in [6.07, 6.45) is 6.65. The molecule has 2 fully saturated rings. The van der Waals surface area contributed by atoms with Crippen molar-refractivity contribution in [3.63, 3.8) is 0 Å². The van der Waals surface area contributed by atoms with Gasteiger partial charge in [0.25, 0.3) is 0 Å². The molecule has 0 aromatic carbocycles. The number of ether oxygens (including phenoxy) is 1. The molecule has 0 heterocycles. The van der Waals surface area contributed by atoms with Crippen LogP contribution in [0.3, 0.4) is 0 Å². The Labute approximate surface area is 107 Å². The highest BCUT2D eigenvalue weighted by molar-refractivity contribution is 4.90. The Bertz CT molecular complexity index is 235. The maximum absolute atomic E-state index is 5.65. The molecule has 2 atom stereocenters. The van der Waals surface area contributed by atoms with E-state index in [-0.39, 0.29) is 0 Å². The molecule has 0 amide bonds. The van der Waals surface area contributed by atoms with E-state index in [2.05, 4.69) is 26.1 Å². The fourth-order valence-electron chi connectivity index (χ4n) is 3.16. The number of nitrogens with one attached hydrogen (secondary N) is 1. The first-order chi connectivity index (χ1) is 8.07. The third-order valence-corrected chi connectivity index (χ3v) is 4.26. The third-order valence-electron chi connectivity index (χ3n) is 4.26. The summed E-state index contributed by atoms with van der Waals surface area (Å²) in [7, 11) is 0. The second-order valence-electron chi connectivity index (χ2n) is 6.98. The van der Waals surface area contributed by atoms with Crippen LogP contribution in [0.2, 0.25) is 0 Å². The summed E-state index contributed by atoms with van der Waals surface area (Å²) in [6.45, 7) is 10.2.